The van der Waals surface area contributed by atoms with E-state index in [1.807, 2.05) is 43.3 Å². The predicted molar refractivity (Wildman–Crippen MR) is 70.3 cm³/mol. The van der Waals surface area contributed by atoms with Gasteiger partial charge in [-0.1, -0.05) is 15.9 Å². The lowest BCUT2D eigenvalue weighted by atomic mass is 10.2. The molecule has 0 radical (unpaired) electrons. The van der Waals surface area contributed by atoms with Gasteiger partial charge in [0.1, 0.15) is 0 Å². The van der Waals surface area contributed by atoms with Gasteiger partial charge >= 0.3 is 0 Å². The fraction of sp³-hybridized carbons (Fsp3) is 0.0769. The van der Waals surface area contributed by atoms with Crippen molar-refractivity contribution in [1.82, 2.24) is 4.98 Å². The maximum Gasteiger partial charge on any atom is 0.0633 e. The highest BCUT2D eigenvalue weighted by Crippen LogP contribution is 2.17. The Balaban J connectivity index is 2.28. The molecule has 0 aliphatic heterocycles. The SMILES string of the molecule is CC(=Nc1ccc(Br)cc1)c1ccncc1. The highest BCUT2D eigenvalue weighted by Gasteiger charge is 1.96. The van der Waals surface area contributed by atoms with Gasteiger partial charge < -0.3 is 0 Å². The van der Waals surface area contributed by atoms with Crippen LogP contribution in [0.25, 0.3) is 0 Å². The molecule has 2 rings (SSSR count). The number of hydrogen-bond donors (Lipinski definition) is 0. The Hall–Kier alpha value is -1.48. The normalized spacial score (nSPS) is 11.5. The first-order valence-corrected chi connectivity index (χ1v) is 5.76. The fourth-order valence-electron chi connectivity index (χ4n) is 1.37. The van der Waals surface area contributed by atoms with E-state index in [9.17, 15) is 0 Å². The van der Waals surface area contributed by atoms with Gasteiger partial charge in [-0.05, 0) is 48.9 Å². The van der Waals surface area contributed by atoms with Crippen molar-refractivity contribution in [2.45, 2.75) is 6.92 Å². The maximum absolute atomic E-state index is 4.54. The van der Waals surface area contributed by atoms with E-state index in [0.29, 0.717) is 0 Å². The zero-order valence-electron chi connectivity index (χ0n) is 8.89. The molecule has 0 aliphatic carbocycles. The molecule has 0 aliphatic rings. The van der Waals surface area contributed by atoms with Crippen LogP contribution >= 0.6 is 15.9 Å². The van der Waals surface area contributed by atoms with Gasteiger partial charge in [-0.3, -0.25) is 9.98 Å². The van der Waals surface area contributed by atoms with Gasteiger partial charge in [0.2, 0.25) is 0 Å². The smallest absolute Gasteiger partial charge is 0.0633 e. The van der Waals surface area contributed by atoms with Gasteiger partial charge in [-0.15, -0.1) is 0 Å². The fourth-order valence-corrected chi connectivity index (χ4v) is 1.63. The molecule has 1 aromatic heterocycles. The van der Waals surface area contributed by atoms with E-state index >= 15 is 0 Å². The predicted octanol–water partition coefficient (Wildman–Crippen LogP) is 3.98. The first kappa shape index (κ1) is 11.0. The van der Waals surface area contributed by atoms with Gasteiger partial charge in [0.15, 0.2) is 0 Å². The summed E-state index contributed by atoms with van der Waals surface area (Å²) in [7, 11) is 0. The van der Waals surface area contributed by atoms with E-state index in [1.165, 1.54) is 0 Å². The van der Waals surface area contributed by atoms with Crippen LogP contribution in [0.4, 0.5) is 5.69 Å². The van der Waals surface area contributed by atoms with Crippen LogP contribution in [0.3, 0.4) is 0 Å². The van der Waals surface area contributed by atoms with Gasteiger partial charge in [0.05, 0.1) is 5.69 Å². The average Bonchev–Trinajstić information content (AvgIpc) is 2.33. The number of rotatable bonds is 2. The molecule has 3 heteroatoms. The largest absolute Gasteiger partial charge is 0.265 e. The molecule has 2 aromatic rings. The van der Waals surface area contributed by atoms with E-state index in [2.05, 4.69) is 25.9 Å². The molecule has 0 N–H and O–H groups in total. The Bertz CT molecular complexity index is 489. The van der Waals surface area contributed by atoms with E-state index in [-0.39, 0.29) is 0 Å². The van der Waals surface area contributed by atoms with Crippen molar-refractivity contribution in [3.8, 4) is 0 Å². The quantitative estimate of drug-likeness (QED) is 0.761. The van der Waals surface area contributed by atoms with E-state index in [4.69, 9.17) is 0 Å². The highest BCUT2D eigenvalue weighted by molar-refractivity contribution is 9.10. The molecule has 0 bridgehead atoms. The lowest BCUT2D eigenvalue weighted by Gasteiger charge is -2.00. The summed E-state index contributed by atoms with van der Waals surface area (Å²) >= 11 is 3.40. The third kappa shape index (κ3) is 2.76. The van der Waals surface area contributed by atoms with Crippen LogP contribution in [0.15, 0.2) is 58.3 Å². The minimum Gasteiger partial charge on any atom is -0.265 e. The molecule has 0 spiro atoms. The molecule has 1 heterocycles. The standard InChI is InChI=1S/C13H11BrN2/c1-10(11-6-8-15-9-7-11)16-13-4-2-12(14)3-5-13/h2-9H,1H3. The molecular weight excluding hydrogens is 264 g/mol. The molecule has 80 valence electrons. The first-order valence-electron chi connectivity index (χ1n) is 4.97. The molecular formula is C13H11BrN2. The van der Waals surface area contributed by atoms with Crippen molar-refractivity contribution in [3.05, 3.63) is 58.8 Å². The van der Waals surface area contributed by atoms with Crippen LogP contribution in [0, 0.1) is 0 Å². The van der Waals surface area contributed by atoms with Crippen LogP contribution in [0.5, 0.6) is 0 Å². The van der Waals surface area contributed by atoms with Crippen LogP contribution in [-0.4, -0.2) is 10.7 Å². The number of halogens is 1. The molecule has 0 saturated carbocycles. The second-order valence-corrected chi connectivity index (χ2v) is 4.33. The van der Waals surface area contributed by atoms with E-state index in [0.717, 1.165) is 21.4 Å². The molecule has 0 fully saturated rings. The molecule has 0 unspecified atom stereocenters. The van der Waals surface area contributed by atoms with Gasteiger partial charge in [0, 0.05) is 22.6 Å². The second kappa shape index (κ2) is 5.03. The lowest BCUT2D eigenvalue weighted by Crippen LogP contribution is -1.93. The molecule has 1 aromatic carbocycles. The number of benzene rings is 1. The summed E-state index contributed by atoms with van der Waals surface area (Å²) in [6.07, 6.45) is 3.55. The zero-order chi connectivity index (χ0) is 11.4. The van der Waals surface area contributed by atoms with Gasteiger partial charge in [0.25, 0.3) is 0 Å². The van der Waals surface area contributed by atoms with Crippen LogP contribution in [-0.2, 0) is 0 Å². The summed E-state index contributed by atoms with van der Waals surface area (Å²) in [5, 5.41) is 0. The van der Waals surface area contributed by atoms with Crippen LogP contribution < -0.4 is 0 Å². The van der Waals surface area contributed by atoms with Gasteiger partial charge in [-0.2, -0.15) is 0 Å². The maximum atomic E-state index is 4.54. The van der Waals surface area contributed by atoms with Crippen molar-refractivity contribution >= 4 is 27.3 Å². The summed E-state index contributed by atoms with van der Waals surface area (Å²) in [5.41, 5.74) is 3.04. The van der Waals surface area contributed by atoms with Crippen molar-refractivity contribution in [2.75, 3.05) is 0 Å². The van der Waals surface area contributed by atoms with Crippen molar-refractivity contribution in [2.24, 2.45) is 4.99 Å². The Labute approximate surface area is 103 Å². The molecule has 0 atom stereocenters. The number of hydrogen-bond acceptors (Lipinski definition) is 2. The minimum absolute atomic E-state index is 0.956. The molecule has 0 saturated heterocycles. The Kier molecular flexibility index (Phi) is 3.47. The number of nitrogens with zero attached hydrogens (tertiary/aromatic N) is 2. The summed E-state index contributed by atoms with van der Waals surface area (Å²) in [5.74, 6) is 0. The average molecular weight is 275 g/mol. The van der Waals surface area contributed by atoms with E-state index < -0.39 is 0 Å². The van der Waals surface area contributed by atoms with Crippen molar-refractivity contribution in [3.63, 3.8) is 0 Å². The first-order chi connectivity index (χ1) is 7.75. The van der Waals surface area contributed by atoms with Gasteiger partial charge in [-0.25, -0.2) is 0 Å². The minimum atomic E-state index is 0.956. The summed E-state index contributed by atoms with van der Waals surface area (Å²) in [6, 6.07) is 11.8. The Morgan fingerprint density at radius 2 is 1.69 bits per heavy atom. The van der Waals surface area contributed by atoms with E-state index in [1.54, 1.807) is 12.4 Å². The Morgan fingerprint density at radius 1 is 1.06 bits per heavy atom. The van der Waals surface area contributed by atoms with Crippen LogP contribution in [0.2, 0.25) is 0 Å². The highest BCUT2D eigenvalue weighted by atomic mass is 79.9. The third-order valence-electron chi connectivity index (χ3n) is 2.22. The molecule has 0 amide bonds. The topological polar surface area (TPSA) is 25.2 Å². The lowest BCUT2D eigenvalue weighted by molar-refractivity contribution is 1.31. The van der Waals surface area contributed by atoms with Crippen molar-refractivity contribution < 1.29 is 0 Å². The number of aliphatic imine (C=N–C) groups is 1. The van der Waals surface area contributed by atoms with Crippen LogP contribution in [0.1, 0.15) is 12.5 Å². The van der Waals surface area contributed by atoms with Crippen molar-refractivity contribution in [1.29, 1.82) is 0 Å². The second-order valence-electron chi connectivity index (χ2n) is 3.41. The zero-order valence-corrected chi connectivity index (χ0v) is 10.5. The number of pyridine rings is 1. The summed E-state index contributed by atoms with van der Waals surface area (Å²) < 4.78 is 1.06. The monoisotopic (exact) mass is 274 g/mol. The summed E-state index contributed by atoms with van der Waals surface area (Å²) in [4.78, 5) is 8.52. The number of aromatic nitrogens is 1. The Morgan fingerprint density at radius 3 is 2.31 bits per heavy atom. The summed E-state index contributed by atoms with van der Waals surface area (Å²) in [6.45, 7) is 2.00. The molecule has 16 heavy (non-hydrogen) atoms. The third-order valence-corrected chi connectivity index (χ3v) is 2.75. The molecule has 2 nitrogen and oxygen atoms in total.